The summed E-state index contributed by atoms with van der Waals surface area (Å²) in [6.07, 6.45) is 1.61. The molecule has 0 unspecified atom stereocenters. The van der Waals surface area contributed by atoms with Gasteiger partial charge in [-0.3, -0.25) is 4.79 Å². The van der Waals surface area contributed by atoms with Crippen molar-refractivity contribution in [3.8, 4) is 5.75 Å². The summed E-state index contributed by atoms with van der Waals surface area (Å²) in [6.45, 7) is -0.992. The van der Waals surface area contributed by atoms with Gasteiger partial charge in [0.2, 0.25) is 5.91 Å². The van der Waals surface area contributed by atoms with Crippen LogP contribution in [0.2, 0.25) is 0 Å². The third-order valence-corrected chi connectivity index (χ3v) is 3.35. The molecule has 4 nitrogen and oxygen atoms in total. The Morgan fingerprint density at radius 2 is 2.00 bits per heavy atom. The van der Waals surface area contributed by atoms with E-state index >= 15 is 0 Å². The highest BCUT2D eigenvalue weighted by Crippen LogP contribution is 2.20. The number of hydrogen-bond donors (Lipinski definition) is 2. The number of alkyl halides is 2. The van der Waals surface area contributed by atoms with Crippen LogP contribution in [0.1, 0.15) is 18.4 Å². The van der Waals surface area contributed by atoms with E-state index in [1.807, 2.05) is 0 Å². The van der Waals surface area contributed by atoms with E-state index in [0.717, 1.165) is 25.9 Å². The highest BCUT2D eigenvalue weighted by molar-refractivity contribution is 5.85. The van der Waals surface area contributed by atoms with Gasteiger partial charge in [0.15, 0.2) is 0 Å². The lowest BCUT2D eigenvalue weighted by atomic mass is 9.97. The van der Waals surface area contributed by atoms with Gasteiger partial charge in [-0.25, -0.2) is 0 Å². The monoisotopic (exact) mass is 320 g/mol. The van der Waals surface area contributed by atoms with E-state index < -0.39 is 6.61 Å². The molecule has 1 saturated heterocycles. The molecule has 1 amide bonds. The minimum absolute atomic E-state index is 0. The second kappa shape index (κ2) is 8.79. The zero-order chi connectivity index (χ0) is 14.4. The van der Waals surface area contributed by atoms with Gasteiger partial charge in [-0.15, -0.1) is 12.4 Å². The van der Waals surface area contributed by atoms with E-state index in [4.69, 9.17) is 0 Å². The molecule has 7 heteroatoms. The van der Waals surface area contributed by atoms with Gasteiger partial charge < -0.3 is 15.4 Å². The molecule has 0 aromatic heterocycles. The molecule has 1 aliphatic rings. The Labute approximate surface area is 128 Å². The molecule has 0 bridgehead atoms. The Morgan fingerprint density at radius 1 is 1.33 bits per heavy atom. The molecule has 0 atom stereocenters. The van der Waals surface area contributed by atoms with Gasteiger partial charge in [0, 0.05) is 18.0 Å². The summed E-state index contributed by atoms with van der Waals surface area (Å²) in [5, 5.41) is 5.98. The van der Waals surface area contributed by atoms with E-state index in [0.29, 0.717) is 5.56 Å². The minimum Gasteiger partial charge on any atom is -0.434 e. The van der Waals surface area contributed by atoms with Gasteiger partial charge in [-0.2, -0.15) is 8.78 Å². The maximum absolute atomic E-state index is 12.3. The van der Waals surface area contributed by atoms with E-state index in [1.54, 1.807) is 18.2 Å². The zero-order valence-electron chi connectivity index (χ0n) is 11.5. The molecule has 2 rings (SSSR count). The summed E-state index contributed by atoms with van der Waals surface area (Å²) in [7, 11) is 0. The van der Waals surface area contributed by atoms with Crippen LogP contribution < -0.4 is 15.4 Å². The number of piperidine rings is 1. The van der Waals surface area contributed by atoms with Crippen molar-refractivity contribution in [1.82, 2.24) is 10.6 Å². The van der Waals surface area contributed by atoms with E-state index in [-0.39, 0.29) is 36.5 Å². The molecule has 2 N–H and O–H groups in total. The Morgan fingerprint density at radius 3 is 2.67 bits per heavy atom. The van der Waals surface area contributed by atoms with Gasteiger partial charge in [-0.1, -0.05) is 18.2 Å². The number of halogens is 3. The molecule has 118 valence electrons. The van der Waals surface area contributed by atoms with Gasteiger partial charge in [0.1, 0.15) is 5.75 Å². The molecular weight excluding hydrogens is 302 g/mol. The third kappa shape index (κ3) is 5.47. The Hall–Kier alpha value is -1.40. The van der Waals surface area contributed by atoms with Crippen molar-refractivity contribution in [3.63, 3.8) is 0 Å². The van der Waals surface area contributed by atoms with Crippen molar-refractivity contribution in [2.24, 2.45) is 5.92 Å². The molecular formula is C14H19ClF2N2O2. The summed E-state index contributed by atoms with van der Waals surface area (Å²) >= 11 is 0. The van der Waals surface area contributed by atoms with Crippen LogP contribution in [-0.2, 0) is 11.3 Å². The Kier molecular flexibility index (Phi) is 7.39. The maximum Gasteiger partial charge on any atom is 0.387 e. The summed E-state index contributed by atoms with van der Waals surface area (Å²) < 4.78 is 29.0. The van der Waals surface area contributed by atoms with E-state index in [2.05, 4.69) is 15.4 Å². The fourth-order valence-corrected chi connectivity index (χ4v) is 2.27. The number of carbonyl (C=O) groups excluding carboxylic acids is 1. The Bertz CT molecular complexity index is 454. The van der Waals surface area contributed by atoms with Crippen LogP contribution in [0.4, 0.5) is 8.78 Å². The van der Waals surface area contributed by atoms with Crippen LogP contribution in [0, 0.1) is 5.92 Å². The van der Waals surface area contributed by atoms with Crippen LogP contribution in [0.3, 0.4) is 0 Å². The molecule has 1 aromatic rings. The lowest BCUT2D eigenvalue weighted by molar-refractivity contribution is -0.125. The van der Waals surface area contributed by atoms with Crippen molar-refractivity contribution in [2.45, 2.75) is 26.0 Å². The molecule has 0 spiro atoms. The van der Waals surface area contributed by atoms with Crippen LogP contribution in [0.15, 0.2) is 24.3 Å². The van der Waals surface area contributed by atoms with Crippen molar-refractivity contribution in [3.05, 3.63) is 29.8 Å². The largest absolute Gasteiger partial charge is 0.434 e. The van der Waals surface area contributed by atoms with Gasteiger partial charge in [0.05, 0.1) is 0 Å². The third-order valence-electron chi connectivity index (χ3n) is 3.35. The van der Waals surface area contributed by atoms with Crippen molar-refractivity contribution < 1.29 is 18.3 Å². The number of para-hydroxylation sites is 1. The van der Waals surface area contributed by atoms with Crippen LogP contribution in [0.25, 0.3) is 0 Å². The van der Waals surface area contributed by atoms with Gasteiger partial charge in [-0.05, 0) is 32.0 Å². The predicted molar refractivity (Wildman–Crippen MR) is 77.8 cm³/mol. The summed E-state index contributed by atoms with van der Waals surface area (Å²) in [5.41, 5.74) is 0.551. The molecule has 1 fully saturated rings. The normalized spacial score (nSPS) is 15.4. The summed E-state index contributed by atoms with van der Waals surface area (Å²) in [4.78, 5) is 12.0. The zero-order valence-corrected chi connectivity index (χ0v) is 12.3. The smallest absolute Gasteiger partial charge is 0.387 e. The van der Waals surface area contributed by atoms with Crippen LogP contribution in [-0.4, -0.2) is 25.6 Å². The van der Waals surface area contributed by atoms with Crippen LogP contribution in [0.5, 0.6) is 5.75 Å². The minimum atomic E-state index is -2.86. The number of hydrogen-bond acceptors (Lipinski definition) is 3. The number of ether oxygens (including phenoxy) is 1. The number of carbonyl (C=O) groups is 1. The predicted octanol–water partition coefficient (Wildman–Crippen LogP) is 2.33. The molecule has 1 heterocycles. The average Bonchev–Trinajstić information content (AvgIpc) is 2.46. The van der Waals surface area contributed by atoms with Gasteiger partial charge >= 0.3 is 6.61 Å². The Balaban J connectivity index is 0.00000220. The van der Waals surface area contributed by atoms with Crippen molar-refractivity contribution in [2.75, 3.05) is 13.1 Å². The average molecular weight is 321 g/mol. The van der Waals surface area contributed by atoms with Crippen molar-refractivity contribution in [1.29, 1.82) is 0 Å². The number of amides is 1. The second-order valence-electron chi connectivity index (χ2n) is 4.73. The summed E-state index contributed by atoms with van der Waals surface area (Å²) in [6, 6.07) is 6.48. The first kappa shape index (κ1) is 17.7. The molecule has 21 heavy (non-hydrogen) atoms. The number of benzene rings is 1. The highest BCUT2D eigenvalue weighted by Gasteiger charge is 2.20. The molecule has 0 aliphatic carbocycles. The molecule has 0 radical (unpaired) electrons. The van der Waals surface area contributed by atoms with Crippen LogP contribution >= 0.6 is 12.4 Å². The first-order valence-electron chi connectivity index (χ1n) is 6.68. The molecule has 1 aliphatic heterocycles. The number of nitrogens with one attached hydrogen (secondary N) is 2. The lowest BCUT2D eigenvalue weighted by Crippen LogP contribution is -2.37. The SMILES string of the molecule is Cl.O=C(NCc1ccccc1OC(F)F)C1CCNCC1. The maximum atomic E-state index is 12.3. The fraction of sp³-hybridized carbons (Fsp3) is 0.500. The summed E-state index contributed by atoms with van der Waals surface area (Å²) in [5.74, 6) is 0.0749. The van der Waals surface area contributed by atoms with Gasteiger partial charge in [0.25, 0.3) is 0 Å². The number of rotatable bonds is 5. The first-order valence-corrected chi connectivity index (χ1v) is 6.68. The van der Waals surface area contributed by atoms with Crippen molar-refractivity contribution >= 4 is 18.3 Å². The van der Waals surface area contributed by atoms with E-state index in [9.17, 15) is 13.6 Å². The molecule has 0 saturated carbocycles. The van der Waals surface area contributed by atoms with E-state index in [1.165, 1.54) is 6.07 Å². The topological polar surface area (TPSA) is 50.4 Å². The quantitative estimate of drug-likeness (QED) is 0.875. The first-order chi connectivity index (χ1) is 9.66. The fourth-order valence-electron chi connectivity index (χ4n) is 2.27. The second-order valence-corrected chi connectivity index (χ2v) is 4.73. The standard InChI is InChI=1S/C14H18F2N2O2.ClH/c15-14(16)20-12-4-2-1-3-11(12)9-18-13(19)10-5-7-17-8-6-10;/h1-4,10,14,17H,5-9H2,(H,18,19);1H. The highest BCUT2D eigenvalue weighted by atomic mass is 35.5. The molecule has 1 aromatic carbocycles. The lowest BCUT2D eigenvalue weighted by Gasteiger charge is -2.22.